The third-order valence-electron chi connectivity index (χ3n) is 7.70. The molecule has 0 radical (unpaired) electrons. The van der Waals surface area contributed by atoms with E-state index in [0.717, 1.165) is 24.8 Å². The minimum atomic E-state index is -1.01. The second-order valence-electron chi connectivity index (χ2n) is 10.4. The molecule has 1 N–H and O–H groups in total. The lowest BCUT2D eigenvalue weighted by molar-refractivity contribution is 0.166. The zero-order valence-corrected chi connectivity index (χ0v) is 22.8. The lowest BCUT2D eigenvalue weighted by Gasteiger charge is -2.27. The summed E-state index contributed by atoms with van der Waals surface area (Å²) in [5.74, 6) is -3.75. The summed E-state index contributed by atoms with van der Waals surface area (Å²) < 4.78 is 64.5. The topological polar surface area (TPSA) is 29.5 Å². The molecule has 1 atom stereocenters. The van der Waals surface area contributed by atoms with Gasteiger partial charge in [-0.3, -0.25) is 0 Å². The molecule has 2 nitrogen and oxygen atoms in total. The van der Waals surface area contributed by atoms with Crippen LogP contribution in [0.3, 0.4) is 0 Å². The zero-order chi connectivity index (χ0) is 28.6. The van der Waals surface area contributed by atoms with Crippen LogP contribution in [0.25, 0.3) is 17.2 Å². The molecule has 0 spiro atoms. The average Bonchev–Trinajstić information content (AvgIpc) is 2.97. The molecule has 0 bridgehead atoms. The second kappa shape index (κ2) is 13.8. The van der Waals surface area contributed by atoms with Crippen molar-refractivity contribution < 1.29 is 27.4 Å². The summed E-state index contributed by atoms with van der Waals surface area (Å²) in [6, 6.07) is 13.1. The zero-order valence-electron chi connectivity index (χ0n) is 22.8. The van der Waals surface area contributed by atoms with Gasteiger partial charge in [0, 0.05) is 11.1 Å². The lowest BCUT2D eigenvalue weighted by Crippen LogP contribution is -2.13. The van der Waals surface area contributed by atoms with Crippen molar-refractivity contribution in [3.8, 4) is 16.9 Å². The number of aliphatic hydroxyl groups excluding tert-OH is 1. The average molecular weight is 553 g/mol. The maximum Gasteiger partial charge on any atom is 0.201 e. The summed E-state index contributed by atoms with van der Waals surface area (Å²) in [6.07, 6.45) is 9.35. The molecule has 1 unspecified atom stereocenters. The van der Waals surface area contributed by atoms with Gasteiger partial charge in [-0.15, -0.1) is 6.58 Å². The van der Waals surface area contributed by atoms with Gasteiger partial charge >= 0.3 is 0 Å². The van der Waals surface area contributed by atoms with Crippen molar-refractivity contribution in [1.29, 1.82) is 0 Å². The Bertz CT molecular complexity index is 1320. The molecule has 1 aliphatic rings. The van der Waals surface area contributed by atoms with Crippen LogP contribution in [0.5, 0.6) is 5.75 Å². The van der Waals surface area contributed by atoms with E-state index in [0.29, 0.717) is 36.8 Å². The van der Waals surface area contributed by atoms with Gasteiger partial charge in [0.05, 0.1) is 12.7 Å². The molecule has 0 heterocycles. The maximum absolute atomic E-state index is 15.2. The van der Waals surface area contributed by atoms with Gasteiger partial charge in [-0.1, -0.05) is 68.0 Å². The normalized spacial score (nSPS) is 18.1. The van der Waals surface area contributed by atoms with E-state index in [1.165, 1.54) is 12.1 Å². The van der Waals surface area contributed by atoms with Crippen LogP contribution in [0.2, 0.25) is 0 Å². The third-order valence-corrected chi connectivity index (χ3v) is 7.70. The number of benzene rings is 3. The highest BCUT2D eigenvalue weighted by molar-refractivity contribution is 5.65. The largest absolute Gasteiger partial charge is 0.490 e. The number of rotatable bonds is 11. The fourth-order valence-corrected chi connectivity index (χ4v) is 5.33. The molecule has 1 saturated carbocycles. The van der Waals surface area contributed by atoms with Gasteiger partial charge in [0.25, 0.3) is 0 Å². The Morgan fingerprint density at radius 2 is 1.62 bits per heavy atom. The number of halogens is 4. The molecule has 0 aliphatic heterocycles. The summed E-state index contributed by atoms with van der Waals surface area (Å²) >= 11 is 0. The first-order chi connectivity index (χ1) is 19.3. The molecule has 1 aliphatic carbocycles. The lowest BCUT2D eigenvalue weighted by atomic mass is 9.78. The second-order valence-corrected chi connectivity index (χ2v) is 10.4. The number of allylic oxidation sites excluding steroid dienone is 1. The van der Waals surface area contributed by atoms with E-state index in [1.54, 1.807) is 48.6 Å². The highest BCUT2D eigenvalue weighted by Crippen LogP contribution is 2.40. The van der Waals surface area contributed by atoms with Crippen molar-refractivity contribution in [2.24, 2.45) is 5.92 Å². The van der Waals surface area contributed by atoms with Gasteiger partial charge in [-0.25, -0.2) is 13.2 Å². The molecule has 0 aromatic heterocycles. The van der Waals surface area contributed by atoms with E-state index in [9.17, 15) is 13.9 Å². The van der Waals surface area contributed by atoms with Crippen LogP contribution >= 0.6 is 0 Å². The third kappa shape index (κ3) is 6.84. The molecule has 1 fully saturated rings. The summed E-state index contributed by atoms with van der Waals surface area (Å²) in [5.41, 5.74) is 2.03. The summed E-state index contributed by atoms with van der Waals surface area (Å²) in [5, 5.41) is 10.2. The fourth-order valence-electron chi connectivity index (χ4n) is 5.33. The number of aliphatic hydroxyl groups is 1. The van der Waals surface area contributed by atoms with Crippen LogP contribution in [-0.2, 0) is 0 Å². The first kappa shape index (κ1) is 29.6. The van der Waals surface area contributed by atoms with E-state index in [4.69, 9.17) is 4.74 Å². The smallest absolute Gasteiger partial charge is 0.201 e. The summed E-state index contributed by atoms with van der Waals surface area (Å²) in [7, 11) is 0. The van der Waals surface area contributed by atoms with Crippen LogP contribution in [0.4, 0.5) is 17.6 Å². The molecule has 212 valence electrons. The van der Waals surface area contributed by atoms with E-state index < -0.39 is 29.4 Å². The van der Waals surface area contributed by atoms with E-state index in [-0.39, 0.29) is 35.3 Å². The van der Waals surface area contributed by atoms with Gasteiger partial charge < -0.3 is 9.84 Å². The molecule has 40 heavy (non-hydrogen) atoms. The Hall–Kier alpha value is -3.38. The molecule has 3 aromatic rings. The van der Waals surface area contributed by atoms with Gasteiger partial charge in [-0.05, 0) is 79.2 Å². The molecule has 3 aromatic carbocycles. The first-order valence-electron chi connectivity index (χ1n) is 14.0. The Balaban J connectivity index is 1.38. The van der Waals surface area contributed by atoms with Crippen LogP contribution < -0.4 is 4.74 Å². The maximum atomic E-state index is 15.2. The Morgan fingerprint density at radius 3 is 2.30 bits per heavy atom. The van der Waals surface area contributed by atoms with Crippen molar-refractivity contribution in [2.45, 2.75) is 63.9 Å². The number of hydrogen-bond acceptors (Lipinski definition) is 2. The minimum absolute atomic E-state index is 0.110. The Kier molecular flexibility index (Phi) is 10.2. The molecule has 4 rings (SSSR count). The van der Waals surface area contributed by atoms with E-state index in [1.807, 2.05) is 13.0 Å². The van der Waals surface area contributed by atoms with Gasteiger partial charge in [0.1, 0.15) is 0 Å². The standard InChI is InChI=1S/C34H36F4O2/c1-3-5-21-40-30-20-17-26(31(35)34(30)38)12-9-22-7-10-23(11-8-22)27-18-19-28(33(37)32(27)36)24-13-15-25(16-14-24)29(39)6-4-2/h3,9,12-20,22-23,29,39H,1,4-8,10-11,21H2,2H3/b12-9+. The van der Waals surface area contributed by atoms with Crippen LogP contribution in [-0.4, -0.2) is 11.7 Å². The molecular formula is C34H36F4O2. The summed E-state index contributed by atoms with van der Waals surface area (Å²) in [6.45, 7) is 5.79. The van der Waals surface area contributed by atoms with Crippen molar-refractivity contribution >= 4 is 6.08 Å². The quantitative estimate of drug-likeness (QED) is 0.146. The van der Waals surface area contributed by atoms with Gasteiger partial charge in [-0.2, -0.15) is 4.39 Å². The Labute approximate surface area is 234 Å². The molecule has 0 saturated heterocycles. The van der Waals surface area contributed by atoms with Gasteiger partial charge in [0.2, 0.25) is 5.82 Å². The van der Waals surface area contributed by atoms with E-state index in [2.05, 4.69) is 6.58 Å². The molecule has 6 heteroatoms. The first-order valence-corrected chi connectivity index (χ1v) is 14.0. The minimum Gasteiger partial charge on any atom is -0.490 e. The molecular weight excluding hydrogens is 516 g/mol. The van der Waals surface area contributed by atoms with Gasteiger partial charge in [0.15, 0.2) is 23.2 Å². The fraction of sp³-hybridized carbons (Fsp3) is 0.353. The van der Waals surface area contributed by atoms with Crippen molar-refractivity contribution in [1.82, 2.24) is 0 Å². The van der Waals surface area contributed by atoms with Crippen LogP contribution in [0.15, 0.2) is 67.3 Å². The Morgan fingerprint density at radius 1 is 0.900 bits per heavy atom. The predicted octanol–water partition coefficient (Wildman–Crippen LogP) is 9.69. The van der Waals surface area contributed by atoms with E-state index >= 15 is 8.78 Å². The van der Waals surface area contributed by atoms with Crippen molar-refractivity contribution in [3.05, 3.63) is 107 Å². The highest BCUT2D eigenvalue weighted by Gasteiger charge is 2.26. The van der Waals surface area contributed by atoms with Crippen molar-refractivity contribution in [2.75, 3.05) is 6.61 Å². The monoisotopic (exact) mass is 552 g/mol. The van der Waals surface area contributed by atoms with Crippen LogP contribution in [0.1, 0.15) is 80.6 Å². The molecule has 0 amide bonds. The number of ether oxygens (including phenoxy) is 1. The summed E-state index contributed by atoms with van der Waals surface area (Å²) in [4.78, 5) is 0. The number of hydrogen-bond donors (Lipinski definition) is 1. The SMILES string of the molecule is C=CCCOc1ccc(/C=C/C2CCC(c3ccc(-c4ccc(C(O)CCC)cc4)c(F)c3F)CC2)c(F)c1F. The highest BCUT2D eigenvalue weighted by atomic mass is 19.2. The predicted molar refractivity (Wildman–Crippen MR) is 152 cm³/mol. The van der Waals surface area contributed by atoms with Crippen molar-refractivity contribution in [3.63, 3.8) is 0 Å². The van der Waals surface area contributed by atoms with Crippen LogP contribution in [0, 0.1) is 29.2 Å².